The van der Waals surface area contributed by atoms with Crippen molar-refractivity contribution in [1.29, 1.82) is 0 Å². The Hall–Kier alpha value is -4.06. The number of carbonyl (C=O) groups is 1. The molecule has 0 aliphatic heterocycles. The van der Waals surface area contributed by atoms with Crippen molar-refractivity contribution in [3.63, 3.8) is 0 Å². The van der Waals surface area contributed by atoms with Gasteiger partial charge in [0, 0.05) is 41.0 Å². The van der Waals surface area contributed by atoms with Crippen molar-refractivity contribution in [1.82, 2.24) is 9.88 Å². The number of fused-ring (bicyclic) bond motifs is 1. The molecule has 0 aliphatic rings. The van der Waals surface area contributed by atoms with Crippen LogP contribution in [0.5, 0.6) is 11.5 Å². The molecule has 6 heteroatoms. The van der Waals surface area contributed by atoms with Gasteiger partial charge in [0.05, 0.1) is 19.7 Å². The minimum Gasteiger partial charge on any atom is -0.497 e. The molecule has 4 aromatic rings. The number of amides is 1. The van der Waals surface area contributed by atoms with E-state index in [-0.39, 0.29) is 17.9 Å². The predicted molar refractivity (Wildman–Crippen MR) is 120 cm³/mol. The highest BCUT2D eigenvalue weighted by Gasteiger charge is 2.13. The number of aromatic nitrogens is 1. The van der Waals surface area contributed by atoms with Crippen molar-refractivity contribution < 1.29 is 14.3 Å². The highest BCUT2D eigenvalue weighted by Crippen LogP contribution is 2.22. The second kappa shape index (κ2) is 8.75. The van der Waals surface area contributed by atoms with Crippen LogP contribution in [0, 0.1) is 0 Å². The molecule has 0 fully saturated rings. The van der Waals surface area contributed by atoms with Crippen LogP contribution in [0.15, 0.2) is 83.8 Å². The standard InChI is InChI=1S/C25H22N2O4/c1-30-20-10-8-17(9-11-20)25(29)26-15-18-16-27(19-6-4-3-5-7-19)23-14-21(31-2)12-13-22(23)24(18)28/h3-14,16H,15H2,1-2H3,(H,26,29). The first-order chi connectivity index (χ1) is 15.1. The van der Waals surface area contributed by atoms with E-state index < -0.39 is 0 Å². The van der Waals surface area contributed by atoms with Crippen molar-refractivity contribution >= 4 is 16.8 Å². The lowest BCUT2D eigenvalue weighted by Gasteiger charge is -2.15. The lowest BCUT2D eigenvalue weighted by Crippen LogP contribution is -2.27. The normalized spacial score (nSPS) is 10.6. The van der Waals surface area contributed by atoms with E-state index in [0.29, 0.717) is 28.0 Å². The first-order valence-corrected chi connectivity index (χ1v) is 9.80. The Balaban J connectivity index is 1.71. The quantitative estimate of drug-likeness (QED) is 0.519. The summed E-state index contributed by atoms with van der Waals surface area (Å²) in [7, 11) is 3.16. The minimum atomic E-state index is -0.261. The molecule has 0 saturated carbocycles. The third kappa shape index (κ3) is 4.14. The molecule has 0 radical (unpaired) electrons. The number of hydrogen-bond acceptors (Lipinski definition) is 4. The van der Waals surface area contributed by atoms with Crippen molar-refractivity contribution in [2.24, 2.45) is 0 Å². The van der Waals surface area contributed by atoms with Crippen LogP contribution in [0.2, 0.25) is 0 Å². The lowest BCUT2D eigenvalue weighted by atomic mass is 10.1. The summed E-state index contributed by atoms with van der Waals surface area (Å²) in [6, 6.07) is 21.9. The number of ether oxygens (including phenoxy) is 2. The number of pyridine rings is 1. The van der Waals surface area contributed by atoms with Gasteiger partial charge in [-0.2, -0.15) is 0 Å². The van der Waals surface area contributed by atoms with Crippen molar-refractivity contribution in [3.05, 3.63) is 100 Å². The number of benzene rings is 3. The molecule has 156 valence electrons. The summed E-state index contributed by atoms with van der Waals surface area (Å²) in [6.07, 6.45) is 1.77. The molecule has 31 heavy (non-hydrogen) atoms. The molecule has 0 unspecified atom stereocenters. The average molecular weight is 414 g/mol. The molecule has 1 aromatic heterocycles. The van der Waals surface area contributed by atoms with Crippen molar-refractivity contribution in [2.75, 3.05) is 14.2 Å². The number of hydrogen-bond donors (Lipinski definition) is 1. The van der Waals surface area contributed by atoms with E-state index in [9.17, 15) is 9.59 Å². The molecule has 0 bridgehead atoms. The maximum Gasteiger partial charge on any atom is 0.251 e. The molecular weight excluding hydrogens is 392 g/mol. The zero-order valence-corrected chi connectivity index (χ0v) is 17.3. The van der Waals surface area contributed by atoms with Crippen molar-refractivity contribution in [2.45, 2.75) is 6.54 Å². The Morgan fingerprint density at radius 3 is 2.26 bits per heavy atom. The molecule has 6 nitrogen and oxygen atoms in total. The van der Waals surface area contributed by atoms with Gasteiger partial charge >= 0.3 is 0 Å². The molecule has 0 aliphatic carbocycles. The third-order valence-electron chi connectivity index (χ3n) is 5.11. The van der Waals surface area contributed by atoms with E-state index >= 15 is 0 Å². The SMILES string of the molecule is COc1ccc(C(=O)NCc2cn(-c3ccccc3)c3cc(OC)ccc3c2=O)cc1. The van der Waals surface area contributed by atoms with Gasteiger partial charge in [-0.05, 0) is 48.5 Å². The van der Waals surface area contributed by atoms with E-state index in [2.05, 4.69) is 5.32 Å². The number of nitrogens with one attached hydrogen (secondary N) is 1. The Kier molecular flexibility index (Phi) is 5.71. The van der Waals surface area contributed by atoms with Crippen LogP contribution in [0.4, 0.5) is 0 Å². The number of rotatable bonds is 6. The zero-order chi connectivity index (χ0) is 21.8. The van der Waals surface area contributed by atoms with Gasteiger partial charge in [-0.25, -0.2) is 0 Å². The van der Waals surface area contributed by atoms with Gasteiger partial charge in [-0.3, -0.25) is 9.59 Å². The van der Waals surface area contributed by atoms with Gasteiger partial charge in [0.25, 0.3) is 5.91 Å². The summed E-state index contributed by atoms with van der Waals surface area (Å²) in [5.74, 6) is 1.08. The zero-order valence-electron chi connectivity index (χ0n) is 17.3. The molecule has 1 N–H and O–H groups in total. The highest BCUT2D eigenvalue weighted by atomic mass is 16.5. The Bertz CT molecular complexity index is 1280. The molecule has 3 aromatic carbocycles. The molecular formula is C25H22N2O4. The van der Waals surface area contributed by atoms with E-state index in [1.165, 1.54) is 0 Å². The first kappa shape index (κ1) is 20.2. The van der Waals surface area contributed by atoms with E-state index in [0.717, 1.165) is 11.2 Å². The second-order valence-corrected chi connectivity index (χ2v) is 6.98. The second-order valence-electron chi connectivity index (χ2n) is 6.98. The monoisotopic (exact) mass is 414 g/mol. The van der Waals surface area contributed by atoms with Crippen LogP contribution in [-0.2, 0) is 6.54 Å². The molecule has 4 rings (SSSR count). The van der Waals surface area contributed by atoms with Crippen molar-refractivity contribution in [3.8, 4) is 17.2 Å². The maximum absolute atomic E-state index is 13.1. The van der Waals surface area contributed by atoms with E-state index in [1.54, 1.807) is 56.8 Å². The summed E-state index contributed by atoms with van der Waals surface area (Å²) in [6.45, 7) is 0.110. The fourth-order valence-corrected chi connectivity index (χ4v) is 3.43. The number of methoxy groups -OCH3 is 2. The van der Waals surface area contributed by atoms with Gasteiger partial charge in [0.15, 0.2) is 5.43 Å². The van der Waals surface area contributed by atoms with Crippen LogP contribution in [0.3, 0.4) is 0 Å². The molecule has 0 spiro atoms. The van der Waals surface area contributed by atoms with E-state index in [1.807, 2.05) is 41.0 Å². The summed E-state index contributed by atoms with van der Waals surface area (Å²) < 4.78 is 12.4. The van der Waals surface area contributed by atoms with E-state index in [4.69, 9.17) is 9.47 Å². The Morgan fingerprint density at radius 2 is 1.58 bits per heavy atom. The summed E-state index contributed by atoms with van der Waals surface area (Å²) in [4.78, 5) is 25.7. The average Bonchev–Trinajstić information content (AvgIpc) is 2.83. The van der Waals surface area contributed by atoms with Gasteiger partial charge in [-0.15, -0.1) is 0 Å². The van der Waals surface area contributed by atoms with Gasteiger partial charge in [0.2, 0.25) is 0 Å². The number of carbonyl (C=O) groups excluding carboxylic acids is 1. The Labute approximate surface area is 179 Å². The fraction of sp³-hybridized carbons (Fsp3) is 0.120. The molecule has 0 saturated heterocycles. The highest BCUT2D eigenvalue weighted by molar-refractivity contribution is 5.94. The smallest absolute Gasteiger partial charge is 0.251 e. The fourth-order valence-electron chi connectivity index (χ4n) is 3.43. The molecule has 1 amide bonds. The van der Waals surface area contributed by atoms with Gasteiger partial charge < -0.3 is 19.4 Å². The summed E-state index contributed by atoms with van der Waals surface area (Å²) in [5, 5.41) is 3.40. The first-order valence-electron chi connectivity index (χ1n) is 9.80. The van der Waals surface area contributed by atoms with Crippen LogP contribution in [-0.4, -0.2) is 24.7 Å². The summed E-state index contributed by atoms with van der Waals surface area (Å²) in [5.41, 5.74) is 2.50. The third-order valence-corrected chi connectivity index (χ3v) is 5.11. The lowest BCUT2D eigenvalue weighted by molar-refractivity contribution is 0.0950. The van der Waals surface area contributed by atoms with Crippen LogP contribution >= 0.6 is 0 Å². The molecule has 0 atom stereocenters. The topological polar surface area (TPSA) is 69.6 Å². The largest absolute Gasteiger partial charge is 0.497 e. The summed E-state index contributed by atoms with van der Waals surface area (Å²) >= 11 is 0. The van der Waals surface area contributed by atoms with Crippen LogP contribution in [0.25, 0.3) is 16.6 Å². The minimum absolute atomic E-state index is 0.110. The number of para-hydroxylation sites is 1. The van der Waals surface area contributed by atoms with Crippen LogP contribution in [0.1, 0.15) is 15.9 Å². The Morgan fingerprint density at radius 1 is 0.903 bits per heavy atom. The molecule has 1 heterocycles. The van der Waals surface area contributed by atoms with Gasteiger partial charge in [-0.1, -0.05) is 18.2 Å². The van der Waals surface area contributed by atoms with Crippen LogP contribution < -0.4 is 20.2 Å². The maximum atomic E-state index is 13.1. The number of nitrogens with zero attached hydrogens (tertiary/aromatic N) is 1. The predicted octanol–water partition coefficient (Wildman–Crippen LogP) is 3.94. The van der Waals surface area contributed by atoms with Gasteiger partial charge in [0.1, 0.15) is 11.5 Å².